The fraction of sp³-hybridized carbons (Fsp3) is 0.0513. The molecule has 5 aromatic carbocycles. The fourth-order valence-electron chi connectivity index (χ4n) is 4.44. The molecule has 0 saturated heterocycles. The van der Waals surface area contributed by atoms with Crippen LogP contribution in [0.25, 0.3) is 28.3 Å². The molecule has 0 spiro atoms. The summed E-state index contributed by atoms with van der Waals surface area (Å²) in [4.78, 5) is 36.9. The molecule has 0 amide bonds. The van der Waals surface area contributed by atoms with Crippen molar-refractivity contribution in [1.29, 1.82) is 0 Å². The highest BCUT2D eigenvalue weighted by Crippen LogP contribution is 2.31. The molecule has 0 fully saturated rings. The molecule has 0 unspecified atom stereocenters. The van der Waals surface area contributed by atoms with Gasteiger partial charge in [0.05, 0.1) is 16.2 Å². The Morgan fingerprint density at radius 3 is 1.90 bits per heavy atom. The van der Waals surface area contributed by atoms with Gasteiger partial charge < -0.3 is 18.9 Å². The molecule has 240 valence electrons. The lowest BCUT2D eigenvalue weighted by molar-refractivity contribution is -0.130. The maximum Gasteiger partial charge on any atom is 0.343 e. The molecule has 0 radical (unpaired) electrons. The fourth-order valence-corrected chi connectivity index (χ4v) is 5.86. The summed E-state index contributed by atoms with van der Waals surface area (Å²) < 4.78 is 23.1. The SMILES string of the molecule is C=C(C)C(=O)Oc1ccc(C(=O)Oc2ccc(OC(=O)/C=C/c3ccc(-c4ccc(-c5ccc(OC)cc5)c(I)c4)cc3)c(I)c2)cc1. The molecule has 0 atom stereocenters. The highest BCUT2D eigenvalue weighted by Gasteiger charge is 2.13. The van der Waals surface area contributed by atoms with E-state index in [2.05, 4.69) is 47.4 Å². The molecular formula is C39H28I2O7. The monoisotopic (exact) mass is 862 g/mol. The van der Waals surface area contributed by atoms with Gasteiger partial charge in [-0.2, -0.15) is 0 Å². The molecule has 0 N–H and O–H groups in total. The minimum Gasteiger partial charge on any atom is -0.497 e. The third kappa shape index (κ3) is 8.98. The van der Waals surface area contributed by atoms with Gasteiger partial charge in [-0.3, -0.25) is 0 Å². The first-order valence-corrected chi connectivity index (χ1v) is 16.7. The van der Waals surface area contributed by atoms with Crippen molar-refractivity contribution in [1.82, 2.24) is 0 Å². The third-order valence-corrected chi connectivity index (χ3v) is 8.73. The first kappa shape index (κ1) is 34.6. The van der Waals surface area contributed by atoms with Gasteiger partial charge >= 0.3 is 17.9 Å². The predicted molar refractivity (Wildman–Crippen MR) is 202 cm³/mol. The normalized spacial score (nSPS) is 10.8. The number of benzene rings is 5. The zero-order valence-corrected chi connectivity index (χ0v) is 30.2. The molecule has 0 aliphatic carbocycles. The Hall–Kier alpha value is -4.75. The maximum absolute atomic E-state index is 12.6. The summed E-state index contributed by atoms with van der Waals surface area (Å²) >= 11 is 4.36. The largest absolute Gasteiger partial charge is 0.497 e. The van der Waals surface area contributed by atoms with Gasteiger partial charge in [-0.15, -0.1) is 0 Å². The number of halogens is 2. The lowest BCUT2D eigenvalue weighted by Gasteiger charge is -2.09. The second-order valence-corrected chi connectivity index (χ2v) is 12.8. The van der Waals surface area contributed by atoms with Crippen molar-refractivity contribution in [2.45, 2.75) is 6.92 Å². The van der Waals surface area contributed by atoms with Crippen LogP contribution in [0.4, 0.5) is 0 Å². The van der Waals surface area contributed by atoms with E-state index >= 15 is 0 Å². The highest BCUT2D eigenvalue weighted by molar-refractivity contribution is 14.1. The number of carbonyl (C=O) groups excluding carboxylic acids is 3. The molecule has 0 saturated carbocycles. The van der Waals surface area contributed by atoms with Crippen molar-refractivity contribution in [2.75, 3.05) is 7.11 Å². The van der Waals surface area contributed by atoms with E-state index in [9.17, 15) is 14.4 Å². The van der Waals surface area contributed by atoms with Crippen LogP contribution in [-0.4, -0.2) is 25.0 Å². The van der Waals surface area contributed by atoms with Crippen molar-refractivity contribution < 1.29 is 33.3 Å². The summed E-state index contributed by atoms with van der Waals surface area (Å²) in [5.41, 5.74) is 5.81. The van der Waals surface area contributed by atoms with E-state index in [-0.39, 0.29) is 22.6 Å². The van der Waals surface area contributed by atoms with Crippen molar-refractivity contribution in [3.63, 3.8) is 0 Å². The summed E-state index contributed by atoms with van der Waals surface area (Å²) in [5, 5.41) is 0. The minimum absolute atomic E-state index is 0.267. The topological polar surface area (TPSA) is 88.1 Å². The van der Waals surface area contributed by atoms with Crippen molar-refractivity contribution in [3.05, 3.63) is 146 Å². The molecular weight excluding hydrogens is 834 g/mol. The molecule has 7 nitrogen and oxygen atoms in total. The van der Waals surface area contributed by atoms with Crippen LogP contribution < -0.4 is 18.9 Å². The second kappa shape index (κ2) is 15.9. The van der Waals surface area contributed by atoms with E-state index in [1.54, 1.807) is 38.3 Å². The number of carbonyl (C=O) groups is 3. The number of esters is 3. The van der Waals surface area contributed by atoms with Gasteiger partial charge in [-0.25, -0.2) is 14.4 Å². The average molecular weight is 862 g/mol. The van der Waals surface area contributed by atoms with E-state index in [1.165, 1.54) is 30.3 Å². The first-order chi connectivity index (χ1) is 23.1. The minimum atomic E-state index is -0.595. The Labute approximate surface area is 305 Å². The second-order valence-electron chi connectivity index (χ2n) is 10.5. The predicted octanol–water partition coefficient (Wildman–Crippen LogP) is 9.56. The van der Waals surface area contributed by atoms with Gasteiger partial charge in [0, 0.05) is 15.2 Å². The summed E-state index contributed by atoms with van der Waals surface area (Å²) in [6, 6.07) is 33.0. The molecule has 5 rings (SSSR count). The van der Waals surface area contributed by atoms with Crippen molar-refractivity contribution in [3.8, 4) is 45.3 Å². The lowest BCUT2D eigenvalue weighted by Crippen LogP contribution is -2.10. The summed E-state index contributed by atoms with van der Waals surface area (Å²) in [6.45, 7) is 5.08. The summed E-state index contributed by atoms with van der Waals surface area (Å²) in [5.74, 6) is 0.0295. The number of hydrogen-bond donors (Lipinski definition) is 0. The van der Waals surface area contributed by atoms with Crippen LogP contribution in [-0.2, 0) is 9.59 Å². The van der Waals surface area contributed by atoms with Crippen LogP contribution in [0.5, 0.6) is 23.0 Å². The smallest absolute Gasteiger partial charge is 0.343 e. The van der Waals surface area contributed by atoms with Gasteiger partial charge in [0.25, 0.3) is 0 Å². The van der Waals surface area contributed by atoms with E-state index in [4.69, 9.17) is 18.9 Å². The van der Waals surface area contributed by atoms with Crippen molar-refractivity contribution in [2.24, 2.45) is 0 Å². The molecule has 0 heterocycles. The lowest BCUT2D eigenvalue weighted by atomic mass is 9.99. The van der Waals surface area contributed by atoms with E-state index in [1.807, 2.05) is 71.1 Å². The van der Waals surface area contributed by atoms with Crippen LogP contribution in [0.15, 0.2) is 127 Å². The number of ether oxygens (including phenoxy) is 4. The Balaban J connectivity index is 1.16. The van der Waals surface area contributed by atoms with Crippen LogP contribution in [0.1, 0.15) is 22.8 Å². The molecule has 0 bridgehead atoms. The van der Waals surface area contributed by atoms with Crippen LogP contribution in [0, 0.1) is 7.14 Å². The summed E-state index contributed by atoms with van der Waals surface area (Å²) in [7, 11) is 1.66. The maximum atomic E-state index is 12.6. The van der Waals surface area contributed by atoms with Gasteiger partial charge in [0.1, 0.15) is 23.0 Å². The molecule has 0 aliphatic rings. The molecule has 9 heteroatoms. The number of methoxy groups -OCH3 is 1. The summed E-state index contributed by atoms with van der Waals surface area (Å²) in [6.07, 6.45) is 3.05. The van der Waals surface area contributed by atoms with Crippen LogP contribution >= 0.6 is 45.2 Å². The third-order valence-electron chi connectivity index (χ3n) is 7.00. The van der Waals surface area contributed by atoms with Crippen LogP contribution in [0.3, 0.4) is 0 Å². The highest BCUT2D eigenvalue weighted by atomic mass is 127. The molecule has 5 aromatic rings. The van der Waals surface area contributed by atoms with E-state index < -0.39 is 17.9 Å². The Kier molecular flexibility index (Phi) is 11.5. The molecule has 0 aliphatic heterocycles. The van der Waals surface area contributed by atoms with Gasteiger partial charge in [0.2, 0.25) is 0 Å². The molecule has 0 aromatic heterocycles. The van der Waals surface area contributed by atoms with E-state index in [0.29, 0.717) is 9.32 Å². The first-order valence-electron chi connectivity index (χ1n) is 14.5. The number of rotatable bonds is 10. The average Bonchev–Trinajstić information content (AvgIpc) is 3.09. The quantitative estimate of drug-likeness (QED) is 0.0599. The Morgan fingerprint density at radius 2 is 1.27 bits per heavy atom. The van der Waals surface area contributed by atoms with E-state index in [0.717, 1.165) is 37.1 Å². The zero-order valence-electron chi connectivity index (χ0n) is 25.9. The van der Waals surface area contributed by atoms with Gasteiger partial charge in [-0.05, 0) is 147 Å². The zero-order chi connectivity index (χ0) is 34.2. The van der Waals surface area contributed by atoms with Gasteiger partial charge in [-0.1, -0.05) is 55.1 Å². The Morgan fingerprint density at radius 1 is 0.646 bits per heavy atom. The standard InChI is InChI=1S/C39H28I2O7/c1-24(2)38(43)46-31-16-11-28(12-17-31)39(44)47-32-18-20-36(35(41)23-32)48-37(42)21-6-25-4-7-26(8-5-25)29-13-19-33(34(40)22-29)27-9-14-30(45-3)15-10-27/h4-23H,1H2,2-3H3/b21-6+. The molecule has 48 heavy (non-hydrogen) atoms. The van der Waals surface area contributed by atoms with Gasteiger partial charge in [0.15, 0.2) is 0 Å². The van der Waals surface area contributed by atoms with Crippen LogP contribution in [0.2, 0.25) is 0 Å². The Bertz CT molecular complexity index is 2010. The van der Waals surface area contributed by atoms with Crippen molar-refractivity contribution >= 4 is 69.2 Å². The number of hydrogen-bond acceptors (Lipinski definition) is 7.